The summed E-state index contributed by atoms with van der Waals surface area (Å²) < 4.78 is 5.89. The lowest BCUT2D eigenvalue weighted by atomic mass is 9.72. The van der Waals surface area contributed by atoms with Crippen molar-refractivity contribution in [2.24, 2.45) is 11.3 Å². The molecule has 3 aliphatic heterocycles. The molecule has 7 rings (SSSR count). The Morgan fingerprint density at radius 2 is 1.77 bits per heavy atom. The summed E-state index contributed by atoms with van der Waals surface area (Å²) in [5.41, 5.74) is 1.36. The number of aromatic nitrogens is 3. The Morgan fingerprint density at radius 1 is 1.02 bits per heavy atom. The molecule has 5 heterocycles. The Balaban J connectivity index is 0.949. The molecule has 252 valence electrons. The van der Waals surface area contributed by atoms with Gasteiger partial charge in [0.05, 0.1) is 16.0 Å². The number of nitrogens with zero attached hydrogens (tertiary/aromatic N) is 5. The van der Waals surface area contributed by atoms with Crippen molar-refractivity contribution in [2.75, 3.05) is 44.6 Å². The monoisotopic (exact) mass is 671 g/mol. The van der Waals surface area contributed by atoms with E-state index in [9.17, 15) is 14.7 Å². The van der Waals surface area contributed by atoms with E-state index in [1.54, 1.807) is 29.3 Å². The van der Waals surface area contributed by atoms with Crippen LogP contribution in [0.2, 0.25) is 5.02 Å². The van der Waals surface area contributed by atoms with Crippen molar-refractivity contribution >= 4 is 40.3 Å². The summed E-state index contributed by atoms with van der Waals surface area (Å²) in [6.07, 6.45) is 4.31. The van der Waals surface area contributed by atoms with E-state index in [1.807, 2.05) is 30.3 Å². The fourth-order valence-corrected chi connectivity index (χ4v) is 7.99. The molecule has 2 aromatic carbocycles. The lowest BCUT2D eigenvalue weighted by Gasteiger charge is -2.56. The molecule has 1 amide bonds. The SMILES string of the molecule is CC(C)(C)C1C(CN2CC(N3CCC(Nc4ncnc5[nH]cc(C(=O)c6ccc(Oc7ccccc7)cc6Cl)c45)CC3)C2)CN1C(=O)O. The van der Waals surface area contributed by atoms with E-state index in [0.717, 1.165) is 45.6 Å². The zero-order chi connectivity index (χ0) is 33.6. The van der Waals surface area contributed by atoms with Gasteiger partial charge in [0, 0.05) is 81.1 Å². The molecule has 12 heteroatoms. The van der Waals surface area contributed by atoms with Crippen LogP contribution in [0.1, 0.15) is 49.5 Å². The number of carboxylic acid groups (broad SMARTS) is 1. The topological polar surface area (TPSA) is 127 Å². The average molecular weight is 672 g/mol. The largest absolute Gasteiger partial charge is 0.465 e. The molecule has 0 spiro atoms. The number of rotatable bonds is 9. The third-order valence-electron chi connectivity index (χ3n) is 10.0. The van der Waals surface area contributed by atoms with Crippen molar-refractivity contribution in [3.8, 4) is 11.5 Å². The van der Waals surface area contributed by atoms with Gasteiger partial charge in [0.2, 0.25) is 0 Å². The van der Waals surface area contributed by atoms with Crippen LogP contribution in [0.3, 0.4) is 0 Å². The Kier molecular flexibility index (Phi) is 8.78. The molecule has 0 saturated carbocycles. The highest BCUT2D eigenvalue weighted by Crippen LogP contribution is 2.39. The van der Waals surface area contributed by atoms with Gasteiger partial charge in [-0.05, 0) is 42.5 Å². The molecule has 3 aliphatic rings. The van der Waals surface area contributed by atoms with Gasteiger partial charge in [0.1, 0.15) is 29.3 Å². The number of amides is 1. The van der Waals surface area contributed by atoms with Gasteiger partial charge in [-0.15, -0.1) is 0 Å². The number of ether oxygens (including phenoxy) is 1. The van der Waals surface area contributed by atoms with Gasteiger partial charge < -0.3 is 25.0 Å². The Morgan fingerprint density at radius 3 is 2.46 bits per heavy atom. The van der Waals surface area contributed by atoms with E-state index < -0.39 is 6.09 Å². The van der Waals surface area contributed by atoms with Crippen LogP contribution in [0.4, 0.5) is 10.6 Å². The molecule has 3 N–H and O–H groups in total. The van der Waals surface area contributed by atoms with E-state index in [-0.39, 0.29) is 23.3 Å². The number of nitrogens with one attached hydrogen (secondary N) is 2. The van der Waals surface area contributed by atoms with Crippen LogP contribution in [0.15, 0.2) is 61.1 Å². The van der Waals surface area contributed by atoms with Crippen molar-refractivity contribution in [1.29, 1.82) is 0 Å². The number of anilines is 1. The summed E-state index contributed by atoms with van der Waals surface area (Å²) in [5.74, 6) is 2.05. The molecule has 48 heavy (non-hydrogen) atoms. The van der Waals surface area contributed by atoms with E-state index in [0.29, 0.717) is 63.0 Å². The van der Waals surface area contributed by atoms with Crippen molar-refractivity contribution in [1.82, 2.24) is 29.7 Å². The van der Waals surface area contributed by atoms with Crippen LogP contribution in [-0.4, -0.2) is 104 Å². The minimum absolute atomic E-state index is 0.0667. The fraction of sp³-hybridized carbons (Fsp3) is 0.444. The fourth-order valence-electron chi connectivity index (χ4n) is 7.73. The lowest BCUT2D eigenvalue weighted by molar-refractivity contribution is -0.0679. The molecule has 4 aromatic rings. The number of hydrogen-bond donors (Lipinski definition) is 3. The highest BCUT2D eigenvalue weighted by molar-refractivity contribution is 6.35. The van der Waals surface area contributed by atoms with Crippen LogP contribution in [0.5, 0.6) is 11.5 Å². The maximum absolute atomic E-state index is 13.8. The highest BCUT2D eigenvalue weighted by atomic mass is 35.5. The summed E-state index contributed by atoms with van der Waals surface area (Å²) in [5, 5.41) is 14.2. The molecular formula is C36H42ClN7O4. The molecule has 2 unspecified atom stereocenters. The minimum atomic E-state index is -0.810. The Bertz CT molecular complexity index is 1800. The summed E-state index contributed by atoms with van der Waals surface area (Å²) in [4.78, 5) is 44.2. The van der Waals surface area contributed by atoms with E-state index in [2.05, 4.69) is 50.8 Å². The van der Waals surface area contributed by atoms with Crippen molar-refractivity contribution in [2.45, 2.75) is 51.7 Å². The van der Waals surface area contributed by atoms with E-state index in [1.165, 1.54) is 6.33 Å². The number of benzene rings is 2. The number of ketones is 1. The van der Waals surface area contributed by atoms with Gasteiger partial charge in [-0.25, -0.2) is 14.8 Å². The maximum Gasteiger partial charge on any atom is 0.407 e. The number of piperidine rings is 1. The first-order valence-corrected chi connectivity index (χ1v) is 17.0. The smallest absolute Gasteiger partial charge is 0.407 e. The lowest BCUT2D eigenvalue weighted by Crippen LogP contribution is -2.69. The van der Waals surface area contributed by atoms with Crippen LogP contribution in [0.25, 0.3) is 11.0 Å². The second-order valence-corrected chi connectivity index (χ2v) is 14.8. The summed E-state index contributed by atoms with van der Waals surface area (Å²) in [6, 6.07) is 15.3. The van der Waals surface area contributed by atoms with Gasteiger partial charge in [0.25, 0.3) is 0 Å². The molecule has 3 saturated heterocycles. The minimum Gasteiger partial charge on any atom is -0.465 e. The molecule has 2 atom stereocenters. The second kappa shape index (κ2) is 13.0. The number of halogens is 1. The standard InChI is InChI=1S/C36H42ClN7O4/c1-36(2,3)32-22(18-44(32)35(46)47)17-42-19-24(20-42)43-13-11-23(12-14-43)41-34-30-28(16-38-33(30)39-21-40-34)31(45)27-10-9-26(15-29(27)37)48-25-7-5-4-6-8-25/h4-10,15-16,21-24,32H,11-14,17-20H2,1-3H3,(H,46,47)(H2,38,39,40,41). The predicted molar refractivity (Wildman–Crippen MR) is 185 cm³/mol. The van der Waals surface area contributed by atoms with Gasteiger partial charge in [0.15, 0.2) is 5.78 Å². The molecule has 0 bridgehead atoms. The first-order valence-electron chi connectivity index (χ1n) is 16.7. The van der Waals surface area contributed by atoms with Crippen LogP contribution < -0.4 is 10.1 Å². The van der Waals surface area contributed by atoms with Gasteiger partial charge in [-0.1, -0.05) is 50.6 Å². The third-order valence-corrected chi connectivity index (χ3v) is 10.4. The van der Waals surface area contributed by atoms with Gasteiger partial charge in [-0.3, -0.25) is 14.6 Å². The second-order valence-electron chi connectivity index (χ2n) is 14.4. The molecule has 11 nitrogen and oxygen atoms in total. The first-order chi connectivity index (χ1) is 23.0. The Labute approximate surface area is 285 Å². The zero-order valence-electron chi connectivity index (χ0n) is 27.5. The molecule has 2 aromatic heterocycles. The van der Waals surface area contributed by atoms with Crippen LogP contribution in [-0.2, 0) is 0 Å². The number of carbonyl (C=O) groups excluding carboxylic acids is 1. The number of fused-ring (bicyclic) bond motifs is 1. The van der Waals surface area contributed by atoms with E-state index in [4.69, 9.17) is 16.3 Å². The summed E-state index contributed by atoms with van der Waals surface area (Å²) in [7, 11) is 0. The van der Waals surface area contributed by atoms with Crippen molar-refractivity contribution in [3.63, 3.8) is 0 Å². The summed E-state index contributed by atoms with van der Waals surface area (Å²) >= 11 is 6.61. The normalized spacial score (nSPS) is 21.1. The van der Waals surface area contributed by atoms with Crippen molar-refractivity contribution < 1.29 is 19.4 Å². The van der Waals surface area contributed by atoms with Gasteiger partial charge >= 0.3 is 6.09 Å². The average Bonchev–Trinajstić information content (AvgIpc) is 3.45. The Hall–Kier alpha value is -4.19. The highest BCUT2D eigenvalue weighted by Gasteiger charge is 2.49. The van der Waals surface area contributed by atoms with Crippen molar-refractivity contribution in [3.05, 3.63) is 77.2 Å². The number of aromatic amines is 1. The number of likely N-dealkylation sites (tertiary alicyclic amines) is 3. The predicted octanol–water partition coefficient (Wildman–Crippen LogP) is 6.22. The zero-order valence-corrected chi connectivity index (χ0v) is 28.3. The number of carbonyl (C=O) groups is 2. The molecular weight excluding hydrogens is 630 g/mol. The van der Waals surface area contributed by atoms with Gasteiger partial charge in [-0.2, -0.15) is 0 Å². The quantitative estimate of drug-likeness (QED) is 0.178. The molecule has 3 fully saturated rings. The number of para-hydroxylation sites is 1. The van der Waals surface area contributed by atoms with Crippen LogP contribution in [0, 0.1) is 11.3 Å². The number of H-pyrrole nitrogens is 1. The number of hydrogen-bond acceptors (Lipinski definition) is 8. The van der Waals surface area contributed by atoms with Crippen LogP contribution >= 0.6 is 11.6 Å². The molecule has 0 radical (unpaired) electrons. The first kappa shape index (κ1) is 32.4. The van der Waals surface area contributed by atoms with E-state index >= 15 is 0 Å². The maximum atomic E-state index is 13.8. The summed E-state index contributed by atoms with van der Waals surface area (Å²) in [6.45, 7) is 12.0. The molecule has 0 aliphatic carbocycles. The third kappa shape index (κ3) is 6.46.